The van der Waals surface area contributed by atoms with E-state index in [2.05, 4.69) is 26.2 Å². The molecule has 2 N–H and O–H groups in total. The molecule has 4 rings (SSSR count). The average molecular weight is 443 g/mol. The lowest BCUT2D eigenvalue weighted by atomic mass is 10.0. The van der Waals surface area contributed by atoms with Crippen LogP contribution >= 0.6 is 15.9 Å². The Kier molecular flexibility index (Phi) is 5.09. The molecule has 0 fully saturated rings. The first-order valence-electron chi connectivity index (χ1n) is 9.04. The molecule has 2 atom stereocenters. The zero-order chi connectivity index (χ0) is 19.7. The second-order valence-corrected chi connectivity index (χ2v) is 7.44. The second kappa shape index (κ2) is 7.67. The number of hydrogen-bond acceptors (Lipinski definition) is 4. The summed E-state index contributed by atoms with van der Waals surface area (Å²) < 4.78 is 11.6. The molecule has 1 amide bonds. The molecule has 2 unspecified atom stereocenters. The SMILES string of the molecule is CC(OC(=O)c1[nH]c2ccccc2c1Br)C(=O)NC1CCOc2ccccc21. The van der Waals surface area contributed by atoms with Crippen LogP contribution in [0.25, 0.3) is 10.9 Å². The van der Waals surface area contributed by atoms with Crippen molar-refractivity contribution in [3.05, 3.63) is 64.3 Å². The molecule has 144 valence electrons. The van der Waals surface area contributed by atoms with E-state index in [1.165, 1.54) is 0 Å². The Balaban J connectivity index is 1.45. The fourth-order valence-corrected chi connectivity index (χ4v) is 3.91. The number of aromatic nitrogens is 1. The van der Waals surface area contributed by atoms with Crippen molar-refractivity contribution in [3.8, 4) is 5.75 Å². The van der Waals surface area contributed by atoms with Gasteiger partial charge in [0.1, 0.15) is 11.4 Å². The molecule has 28 heavy (non-hydrogen) atoms. The number of esters is 1. The summed E-state index contributed by atoms with van der Waals surface area (Å²) in [5, 5.41) is 3.83. The Bertz CT molecular complexity index is 1050. The number of benzene rings is 2. The van der Waals surface area contributed by atoms with Crippen LogP contribution in [0.5, 0.6) is 5.75 Å². The molecule has 1 aliphatic rings. The lowest BCUT2D eigenvalue weighted by molar-refractivity contribution is -0.130. The highest BCUT2D eigenvalue weighted by atomic mass is 79.9. The lowest BCUT2D eigenvalue weighted by Crippen LogP contribution is -2.39. The number of fused-ring (bicyclic) bond motifs is 2. The number of H-pyrrole nitrogens is 1. The molecule has 2 heterocycles. The van der Waals surface area contributed by atoms with Crippen molar-refractivity contribution >= 4 is 38.7 Å². The van der Waals surface area contributed by atoms with E-state index in [1.807, 2.05) is 48.5 Å². The molecule has 0 aliphatic carbocycles. The third-order valence-electron chi connectivity index (χ3n) is 4.77. The molecular weight excluding hydrogens is 424 g/mol. The summed E-state index contributed by atoms with van der Waals surface area (Å²) >= 11 is 3.43. The molecule has 3 aromatic rings. The Morgan fingerprint density at radius 2 is 1.96 bits per heavy atom. The van der Waals surface area contributed by atoms with Crippen LogP contribution in [0, 0.1) is 0 Å². The Morgan fingerprint density at radius 1 is 1.21 bits per heavy atom. The minimum Gasteiger partial charge on any atom is -0.493 e. The van der Waals surface area contributed by atoms with Gasteiger partial charge in [-0.1, -0.05) is 36.4 Å². The van der Waals surface area contributed by atoms with Gasteiger partial charge in [-0.3, -0.25) is 4.79 Å². The van der Waals surface area contributed by atoms with E-state index in [0.717, 1.165) is 22.2 Å². The largest absolute Gasteiger partial charge is 0.493 e. The van der Waals surface area contributed by atoms with Crippen LogP contribution in [0.2, 0.25) is 0 Å². The Hall–Kier alpha value is -2.80. The number of carbonyl (C=O) groups is 2. The molecule has 0 radical (unpaired) electrons. The number of para-hydroxylation sites is 2. The lowest BCUT2D eigenvalue weighted by Gasteiger charge is -2.27. The number of ether oxygens (including phenoxy) is 2. The zero-order valence-electron chi connectivity index (χ0n) is 15.2. The van der Waals surface area contributed by atoms with Gasteiger partial charge in [-0.2, -0.15) is 0 Å². The minimum absolute atomic E-state index is 0.168. The van der Waals surface area contributed by atoms with Crippen molar-refractivity contribution in [2.24, 2.45) is 0 Å². The fourth-order valence-electron chi connectivity index (χ4n) is 3.30. The predicted octanol–water partition coefficient (Wildman–Crippen LogP) is 4.12. The summed E-state index contributed by atoms with van der Waals surface area (Å²) in [7, 11) is 0. The number of nitrogens with one attached hydrogen (secondary N) is 2. The van der Waals surface area contributed by atoms with E-state index < -0.39 is 12.1 Å². The van der Waals surface area contributed by atoms with Crippen LogP contribution in [-0.4, -0.2) is 29.6 Å². The summed E-state index contributed by atoms with van der Waals surface area (Å²) in [4.78, 5) is 28.2. The van der Waals surface area contributed by atoms with Crippen molar-refractivity contribution in [1.29, 1.82) is 0 Å². The number of amides is 1. The number of carbonyl (C=O) groups excluding carboxylic acids is 2. The van der Waals surface area contributed by atoms with Crippen LogP contribution in [0.15, 0.2) is 53.0 Å². The fraction of sp³-hybridized carbons (Fsp3) is 0.238. The Morgan fingerprint density at radius 3 is 2.79 bits per heavy atom. The summed E-state index contributed by atoms with van der Waals surface area (Å²) in [6, 6.07) is 15.0. The molecule has 0 spiro atoms. The zero-order valence-corrected chi connectivity index (χ0v) is 16.8. The van der Waals surface area contributed by atoms with Crippen LogP contribution in [0.4, 0.5) is 0 Å². The number of hydrogen-bond donors (Lipinski definition) is 2. The molecule has 6 nitrogen and oxygen atoms in total. The van der Waals surface area contributed by atoms with Crippen LogP contribution < -0.4 is 10.1 Å². The van der Waals surface area contributed by atoms with Gasteiger partial charge in [-0.15, -0.1) is 0 Å². The highest BCUT2D eigenvalue weighted by Gasteiger charge is 2.27. The predicted molar refractivity (Wildman–Crippen MR) is 108 cm³/mol. The summed E-state index contributed by atoms with van der Waals surface area (Å²) in [5.41, 5.74) is 2.04. The van der Waals surface area contributed by atoms with Crippen LogP contribution in [0.3, 0.4) is 0 Å². The molecule has 0 saturated carbocycles. The molecule has 1 aliphatic heterocycles. The first-order chi connectivity index (χ1) is 13.5. The second-order valence-electron chi connectivity index (χ2n) is 6.64. The van der Waals surface area contributed by atoms with Gasteiger partial charge in [0.15, 0.2) is 6.10 Å². The molecule has 0 bridgehead atoms. The molecule has 2 aromatic carbocycles. The monoisotopic (exact) mass is 442 g/mol. The average Bonchev–Trinajstić information content (AvgIpc) is 3.05. The smallest absolute Gasteiger partial charge is 0.356 e. The van der Waals surface area contributed by atoms with Crippen molar-refractivity contribution < 1.29 is 19.1 Å². The normalized spacial score (nSPS) is 16.7. The summed E-state index contributed by atoms with van der Waals surface area (Å²) in [6.45, 7) is 2.09. The maximum atomic E-state index is 12.6. The van der Waals surface area contributed by atoms with E-state index in [9.17, 15) is 9.59 Å². The van der Waals surface area contributed by atoms with E-state index in [1.54, 1.807) is 6.92 Å². The van der Waals surface area contributed by atoms with Crippen molar-refractivity contribution in [3.63, 3.8) is 0 Å². The third-order valence-corrected chi connectivity index (χ3v) is 5.60. The summed E-state index contributed by atoms with van der Waals surface area (Å²) in [6.07, 6.45) is -0.266. The van der Waals surface area contributed by atoms with Gasteiger partial charge >= 0.3 is 5.97 Å². The highest BCUT2D eigenvalue weighted by Crippen LogP contribution is 2.32. The van der Waals surface area contributed by atoms with Crippen molar-refractivity contribution in [2.45, 2.75) is 25.5 Å². The van der Waals surface area contributed by atoms with Gasteiger partial charge < -0.3 is 19.8 Å². The topological polar surface area (TPSA) is 80.4 Å². The van der Waals surface area contributed by atoms with Gasteiger partial charge in [0, 0.05) is 22.9 Å². The number of halogens is 1. The van der Waals surface area contributed by atoms with E-state index in [4.69, 9.17) is 9.47 Å². The van der Waals surface area contributed by atoms with Crippen LogP contribution in [0.1, 0.15) is 35.4 Å². The number of rotatable bonds is 4. The molecule has 7 heteroatoms. The standard InChI is InChI=1S/C21H19BrN2O4/c1-12(20(25)24-16-10-11-27-17-9-5-3-6-13(16)17)28-21(26)19-18(22)14-7-2-4-8-15(14)23-19/h2-9,12,16,23H,10-11H2,1H3,(H,24,25). The first kappa shape index (κ1) is 18.6. The molecular formula is C21H19BrN2O4. The quantitative estimate of drug-likeness (QED) is 0.595. The molecule has 1 aromatic heterocycles. The van der Waals surface area contributed by atoms with E-state index in [-0.39, 0.29) is 17.6 Å². The van der Waals surface area contributed by atoms with Crippen LogP contribution in [-0.2, 0) is 9.53 Å². The van der Waals surface area contributed by atoms with Gasteiger partial charge in [-0.25, -0.2) is 4.79 Å². The third kappa shape index (κ3) is 3.49. The van der Waals surface area contributed by atoms with E-state index >= 15 is 0 Å². The van der Waals surface area contributed by atoms with Gasteiger partial charge in [0.05, 0.1) is 17.1 Å². The van der Waals surface area contributed by atoms with Crippen molar-refractivity contribution in [1.82, 2.24) is 10.3 Å². The minimum atomic E-state index is -0.930. The van der Waals surface area contributed by atoms with Gasteiger partial charge in [0.2, 0.25) is 0 Å². The van der Waals surface area contributed by atoms with E-state index in [0.29, 0.717) is 17.5 Å². The Labute approximate surface area is 170 Å². The van der Waals surface area contributed by atoms with Gasteiger partial charge in [-0.05, 0) is 35.0 Å². The van der Waals surface area contributed by atoms with Crippen molar-refractivity contribution in [2.75, 3.05) is 6.61 Å². The number of aromatic amines is 1. The first-order valence-corrected chi connectivity index (χ1v) is 9.83. The molecule has 0 saturated heterocycles. The maximum absolute atomic E-state index is 12.6. The summed E-state index contributed by atoms with van der Waals surface area (Å²) in [5.74, 6) is -0.161. The highest BCUT2D eigenvalue weighted by molar-refractivity contribution is 9.10. The maximum Gasteiger partial charge on any atom is 0.356 e. The van der Waals surface area contributed by atoms with Gasteiger partial charge in [0.25, 0.3) is 5.91 Å².